The number of sulfonamides is 1. The first-order valence-corrected chi connectivity index (χ1v) is 24.6. The van der Waals surface area contributed by atoms with E-state index in [1.165, 1.54) is 40.6 Å². The lowest BCUT2D eigenvalue weighted by molar-refractivity contribution is -0.141. The summed E-state index contributed by atoms with van der Waals surface area (Å²) in [5.41, 5.74) is 0.485. The van der Waals surface area contributed by atoms with Crippen molar-refractivity contribution in [2.24, 2.45) is 23.2 Å². The number of hydrogen-bond acceptors (Lipinski definition) is 10. The molecule has 1 aliphatic carbocycles. The van der Waals surface area contributed by atoms with Crippen LogP contribution in [0.3, 0.4) is 0 Å². The Labute approximate surface area is 379 Å². The zero-order valence-corrected chi connectivity index (χ0v) is 40.6. The number of likely N-dealkylation sites (tertiary alicyclic amines) is 1. The van der Waals surface area contributed by atoms with Gasteiger partial charge in [-0.25, -0.2) is 13.1 Å². The summed E-state index contributed by atoms with van der Waals surface area (Å²) in [5.74, 6) is -1.20. The van der Waals surface area contributed by atoms with Crippen LogP contribution in [0.25, 0.3) is 0 Å². The molecule has 1 saturated heterocycles. The number of hydrogen-bond donors (Lipinski definition) is 3. The maximum Gasteiger partial charge on any atom is 0.264 e. The van der Waals surface area contributed by atoms with Gasteiger partial charge in [-0.05, 0) is 80.2 Å². The van der Waals surface area contributed by atoms with Crippen molar-refractivity contribution in [1.29, 1.82) is 0 Å². The van der Waals surface area contributed by atoms with Crippen molar-refractivity contribution in [2.45, 2.75) is 140 Å². The molecule has 13 nitrogen and oxygen atoms in total. The van der Waals surface area contributed by atoms with Crippen molar-refractivity contribution in [3.63, 3.8) is 0 Å². The Morgan fingerprint density at radius 2 is 1.52 bits per heavy atom. The zero-order chi connectivity index (χ0) is 47.0. The first-order chi connectivity index (χ1) is 29.4. The van der Waals surface area contributed by atoms with Crippen LogP contribution in [0.1, 0.15) is 112 Å². The second kappa shape index (κ2) is 21.6. The van der Waals surface area contributed by atoms with Crippen LogP contribution in [-0.2, 0) is 50.0 Å². The van der Waals surface area contributed by atoms with Crippen LogP contribution < -0.4 is 15.4 Å². The van der Waals surface area contributed by atoms with Gasteiger partial charge in [-0.3, -0.25) is 33.7 Å². The van der Waals surface area contributed by atoms with E-state index in [-0.39, 0.29) is 64.1 Å². The number of amides is 5. The summed E-state index contributed by atoms with van der Waals surface area (Å²) in [5, 5.41) is 5.64. The molecule has 1 unspecified atom stereocenters. The Bertz CT molecular complexity index is 2110. The third-order valence-corrected chi connectivity index (χ3v) is 15.3. The molecule has 1 aliphatic heterocycles. The summed E-state index contributed by atoms with van der Waals surface area (Å²) in [4.78, 5) is 82.5. The van der Waals surface area contributed by atoms with Gasteiger partial charge in [-0.15, -0.1) is 11.8 Å². The van der Waals surface area contributed by atoms with Crippen LogP contribution in [0.4, 0.5) is 0 Å². The molecule has 2 fully saturated rings. The largest absolute Gasteiger partial charge is 0.342 e. The van der Waals surface area contributed by atoms with Crippen LogP contribution in [0.2, 0.25) is 0 Å². The predicted molar refractivity (Wildman–Crippen MR) is 248 cm³/mol. The third kappa shape index (κ3) is 12.9. The van der Waals surface area contributed by atoms with E-state index in [0.717, 1.165) is 36.8 Å². The molecule has 4 atom stereocenters. The molecule has 0 bridgehead atoms. The van der Waals surface area contributed by atoms with Crippen molar-refractivity contribution in [3.05, 3.63) is 77.4 Å². The van der Waals surface area contributed by atoms with Crippen LogP contribution in [-0.4, -0.2) is 97.6 Å². The Morgan fingerprint density at radius 1 is 0.921 bits per heavy atom. The van der Waals surface area contributed by atoms with E-state index in [2.05, 4.69) is 15.4 Å². The molecule has 2 aliphatic rings. The molecule has 1 heterocycles. The van der Waals surface area contributed by atoms with Gasteiger partial charge in [-0.1, -0.05) is 104 Å². The van der Waals surface area contributed by atoms with Gasteiger partial charge in [0.05, 0.1) is 22.2 Å². The molecule has 5 amide bonds. The lowest BCUT2D eigenvalue weighted by Crippen LogP contribution is -2.61. The Hall–Kier alpha value is -4.34. The minimum absolute atomic E-state index is 0.0823. The lowest BCUT2D eigenvalue weighted by Gasteiger charge is -2.40. The normalized spacial score (nSPS) is 20.3. The minimum Gasteiger partial charge on any atom is -0.342 e. The number of imide groups is 1. The van der Waals surface area contributed by atoms with Crippen LogP contribution >= 0.6 is 11.8 Å². The lowest BCUT2D eigenvalue weighted by atomic mass is 9.76. The molecule has 3 N–H and O–H groups in total. The Balaban J connectivity index is 1.37. The van der Waals surface area contributed by atoms with Gasteiger partial charge in [0.2, 0.25) is 23.6 Å². The van der Waals surface area contributed by atoms with Gasteiger partial charge < -0.3 is 15.5 Å². The predicted octanol–water partition coefficient (Wildman–Crippen LogP) is 6.16. The van der Waals surface area contributed by atoms with Crippen molar-refractivity contribution >= 4 is 57.1 Å². The summed E-state index contributed by atoms with van der Waals surface area (Å²) < 4.78 is 28.9. The van der Waals surface area contributed by atoms with Crippen molar-refractivity contribution < 1.29 is 37.2 Å². The summed E-state index contributed by atoms with van der Waals surface area (Å²) >= 11 is 1.34. The van der Waals surface area contributed by atoms with E-state index in [9.17, 15) is 37.2 Å². The average Bonchev–Trinajstić information content (AvgIpc) is 3.50. The van der Waals surface area contributed by atoms with Crippen molar-refractivity contribution in [2.75, 3.05) is 20.6 Å². The van der Waals surface area contributed by atoms with Gasteiger partial charge >= 0.3 is 0 Å². The topological polar surface area (TPSA) is 179 Å². The van der Waals surface area contributed by atoms with Crippen molar-refractivity contribution in [3.8, 4) is 0 Å². The maximum absolute atomic E-state index is 14.3. The highest BCUT2D eigenvalue weighted by Gasteiger charge is 2.43. The molecule has 1 saturated carbocycles. The first kappa shape index (κ1) is 51.3. The van der Waals surface area contributed by atoms with Crippen molar-refractivity contribution in [1.82, 2.24) is 25.2 Å². The number of Topliss-reactive ketones (excluding diaryl/α,β-unsaturated/α-hetero) is 1. The number of thioether (sulfide) groups is 1. The number of carbonyl (C=O) groups excluding carboxylic acids is 6. The molecule has 2 aromatic rings. The van der Waals surface area contributed by atoms with Gasteiger partial charge in [0, 0.05) is 49.1 Å². The zero-order valence-electron chi connectivity index (χ0n) is 38.9. The van der Waals surface area contributed by atoms with E-state index < -0.39 is 50.1 Å². The van der Waals surface area contributed by atoms with Gasteiger partial charge in [-0.2, -0.15) is 0 Å². The fraction of sp³-hybridized carbons (Fsp3) is 0.583. The highest BCUT2D eigenvalue weighted by Crippen LogP contribution is 2.34. The summed E-state index contributed by atoms with van der Waals surface area (Å²) in [6.45, 7) is 17.1. The molecule has 0 spiro atoms. The van der Waals surface area contributed by atoms with E-state index in [0.29, 0.717) is 18.7 Å². The van der Waals surface area contributed by atoms with E-state index in [1.54, 1.807) is 32.3 Å². The van der Waals surface area contributed by atoms with E-state index >= 15 is 0 Å². The maximum atomic E-state index is 14.3. The van der Waals surface area contributed by atoms with Crippen LogP contribution in [0.5, 0.6) is 0 Å². The quantitative estimate of drug-likeness (QED) is 0.109. The number of nitrogens with one attached hydrogen (secondary N) is 3. The molecular formula is C48H69N5O8S2. The summed E-state index contributed by atoms with van der Waals surface area (Å²) in [6, 6.07) is 13.5. The molecule has 0 aromatic heterocycles. The summed E-state index contributed by atoms with van der Waals surface area (Å²) in [7, 11) is -0.963. The SMILES string of the molecule is CCC(=O)C1CCC(CN2C(=O)CC(SCc3ccc(S(=O)(=O)NC(=O)/C(C)=C/[C@H](C(C)C)N(C)C(=O)[C@@H](NC(=O)[C@@H](NC)C(C)(C)c4ccccc4)C(C)(C)C)cc3)C2=O)CC1. The Kier molecular flexibility index (Phi) is 17.6. The molecule has 346 valence electrons. The average molecular weight is 908 g/mol. The highest BCUT2D eigenvalue weighted by atomic mass is 32.2. The number of ketones is 1. The van der Waals surface area contributed by atoms with Gasteiger partial charge in [0.15, 0.2) is 0 Å². The van der Waals surface area contributed by atoms with Crippen LogP contribution in [0.15, 0.2) is 71.1 Å². The monoisotopic (exact) mass is 907 g/mol. The molecule has 4 rings (SSSR count). The fourth-order valence-corrected chi connectivity index (χ4v) is 10.7. The number of nitrogens with zero attached hydrogens (tertiary/aromatic N) is 2. The van der Waals surface area contributed by atoms with Gasteiger partial charge in [0.25, 0.3) is 15.9 Å². The van der Waals surface area contributed by atoms with Crippen LogP contribution in [0, 0.1) is 23.2 Å². The Morgan fingerprint density at radius 3 is 2.06 bits per heavy atom. The second-order valence-corrected chi connectivity index (χ2v) is 22.0. The second-order valence-electron chi connectivity index (χ2n) is 19.1. The molecule has 0 radical (unpaired) electrons. The molecule has 2 aromatic carbocycles. The van der Waals surface area contributed by atoms with E-state index in [4.69, 9.17) is 0 Å². The molecular weight excluding hydrogens is 839 g/mol. The molecule has 63 heavy (non-hydrogen) atoms. The third-order valence-electron chi connectivity index (χ3n) is 12.7. The number of likely N-dealkylation sites (N-methyl/N-ethyl adjacent to an activating group) is 2. The molecule has 15 heteroatoms. The number of benzene rings is 2. The number of rotatable bonds is 19. The standard InChI is InChI=1S/C48H69N5O8S2/c1-12-38(54)34-22-18-32(19-23-34)28-53-40(55)27-39(45(53)58)62-29-33-20-24-36(25-21-33)63(60,61)51-43(56)31(4)26-37(30(2)3)52(11)46(59)42(47(5,6)7)50-44(57)41(49-10)48(8,9)35-16-14-13-15-17-35/h13-17,20-21,24-26,30,32,34,37,39,41-42,49H,12,18-19,22-23,27-29H2,1-11H3,(H,50,57)(H,51,56)/b31-26+/t32?,34?,37-,39?,41-,42-/m1/s1. The highest BCUT2D eigenvalue weighted by molar-refractivity contribution is 7.99. The minimum atomic E-state index is -4.29. The first-order valence-electron chi connectivity index (χ1n) is 22.1. The smallest absolute Gasteiger partial charge is 0.264 e. The van der Waals surface area contributed by atoms with E-state index in [1.807, 2.05) is 85.7 Å². The summed E-state index contributed by atoms with van der Waals surface area (Å²) in [6.07, 6.45) is 5.45. The van der Waals surface area contributed by atoms with Gasteiger partial charge in [0.1, 0.15) is 11.8 Å². The fourth-order valence-electron chi connectivity index (χ4n) is 8.57. The number of carbonyl (C=O) groups is 6.